The third-order valence-electron chi connectivity index (χ3n) is 5.24. The van der Waals surface area contributed by atoms with Gasteiger partial charge in [0.05, 0.1) is 0 Å². The molecule has 5 rings (SSSR count). The maximum atomic E-state index is 2.45. The first-order valence-electron chi connectivity index (χ1n) is 8.37. The molecule has 0 N–H and O–H groups in total. The van der Waals surface area contributed by atoms with Crippen molar-refractivity contribution in [3.63, 3.8) is 0 Å². The summed E-state index contributed by atoms with van der Waals surface area (Å²) in [6.07, 6.45) is 13.6. The third kappa shape index (κ3) is 1.98. The Balaban J connectivity index is 1.70. The molecule has 0 heteroatoms. The molecule has 0 aliphatic heterocycles. The molecule has 2 aliphatic carbocycles. The Morgan fingerprint density at radius 3 is 2.61 bits per heavy atom. The molecule has 1 atom stereocenters. The molecule has 0 fully saturated rings. The number of benzene rings is 3. The van der Waals surface area contributed by atoms with Crippen molar-refractivity contribution in [2.75, 3.05) is 0 Å². The van der Waals surface area contributed by atoms with Crippen molar-refractivity contribution in [1.29, 1.82) is 0 Å². The Kier molecular flexibility index (Phi) is 2.78. The fourth-order valence-corrected chi connectivity index (χ4v) is 4.03. The fourth-order valence-electron chi connectivity index (χ4n) is 4.03. The lowest BCUT2D eigenvalue weighted by Gasteiger charge is -2.14. The summed E-state index contributed by atoms with van der Waals surface area (Å²) < 4.78 is 0. The van der Waals surface area contributed by atoms with E-state index in [2.05, 4.69) is 78.9 Å². The first-order valence-corrected chi connectivity index (χ1v) is 8.37. The molecule has 0 bridgehead atoms. The van der Waals surface area contributed by atoms with E-state index in [1.54, 1.807) is 5.57 Å². The van der Waals surface area contributed by atoms with E-state index in [-0.39, 0.29) is 0 Å². The Hall–Kier alpha value is -2.60. The van der Waals surface area contributed by atoms with E-state index >= 15 is 0 Å². The maximum Gasteiger partial charge on any atom is 0.00211 e. The van der Waals surface area contributed by atoms with Gasteiger partial charge in [0.1, 0.15) is 0 Å². The monoisotopic (exact) mass is 294 g/mol. The van der Waals surface area contributed by atoms with Crippen LogP contribution < -0.4 is 0 Å². The van der Waals surface area contributed by atoms with Crippen LogP contribution in [-0.4, -0.2) is 0 Å². The lowest BCUT2D eigenvalue weighted by atomic mass is 9.91. The van der Waals surface area contributed by atoms with Crippen molar-refractivity contribution in [1.82, 2.24) is 0 Å². The van der Waals surface area contributed by atoms with Gasteiger partial charge in [-0.2, -0.15) is 0 Å². The number of hydrogen-bond donors (Lipinski definition) is 0. The Morgan fingerprint density at radius 2 is 1.70 bits per heavy atom. The average molecular weight is 294 g/mol. The van der Waals surface area contributed by atoms with E-state index in [0.29, 0.717) is 5.92 Å². The Bertz CT molecular complexity index is 1010. The summed E-state index contributed by atoms with van der Waals surface area (Å²) >= 11 is 0. The summed E-state index contributed by atoms with van der Waals surface area (Å²) in [5, 5.41) is 5.45. The minimum Gasteiger partial charge on any atom is -0.0836 e. The predicted molar refractivity (Wildman–Crippen MR) is 99.5 cm³/mol. The second kappa shape index (κ2) is 4.96. The van der Waals surface area contributed by atoms with Crippen molar-refractivity contribution in [3.05, 3.63) is 89.5 Å². The summed E-state index contributed by atoms with van der Waals surface area (Å²) in [5.41, 5.74) is 4.47. The molecule has 1 unspecified atom stereocenters. The molecule has 0 radical (unpaired) electrons. The zero-order chi connectivity index (χ0) is 15.2. The van der Waals surface area contributed by atoms with Gasteiger partial charge < -0.3 is 0 Å². The van der Waals surface area contributed by atoms with Crippen molar-refractivity contribution < 1.29 is 0 Å². The summed E-state index contributed by atoms with van der Waals surface area (Å²) in [6.45, 7) is 0. The van der Waals surface area contributed by atoms with Gasteiger partial charge in [-0.05, 0) is 45.5 Å². The highest BCUT2D eigenvalue weighted by Gasteiger charge is 2.20. The minimum absolute atomic E-state index is 0.572. The Labute approximate surface area is 136 Å². The van der Waals surface area contributed by atoms with Gasteiger partial charge in [-0.25, -0.2) is 0 Å². The first-order chi connectivity index (χ1) is 11.4. The molecule has 0 amide bonds. The summed E-state index contributed by atoms with van der Waals surface area (Å²) in [5.74, 6) is 0.572. The molecular formula is C23H18. The molecule has 23 heavy (non-hydrogen) atoms. The minimum atomic E-state index is 0.572. The van der Waals surface area contributed by atoms with Crippen LogP contribution in [0, 0.1) is 5.92 Å². The molecule has 110 valence electrons. The largest absolute Gasteiger partial charge is 0.0836 e. The van der Waals surface area contributed by atoms with Gasteiger partial charge in [0.15, 0.2) is 0 Å². The number of hydrogen-bond acceptors (Lipinski definition) is 0. The quantitative estimate of drug-likeness (QED) is 0.478. The number of rotatable bonds is 1. The van der Waals surface area contributed by atoms with Crippen LogP contribution in [0.25, 0.3) is 27.6 Å². The molecule has 0 saturated heterocycles. The van der Waals surface area contributed by atoms with Crippen molar-refractivity contribution >= 4 is 27.6 Å². The predicted octanol–water partition coefficient (Wildman–Crippen LogP) is 6.06. The van der Waals surface area contributed by atoms with E-state index < -0.39 is 0 Å². The lowest BCUT2D eigenvalue weighted by molar-refractivity contribution is 0.753. The third-order valence-corrected chi connectivity index (χ3v) is 5.24. The smallest absolute Gasteiger partial charge is 0.00211 e. The molecule has 3 aromatic rings. The average Bonchev–Trinajstić information content (AvgIpc) is 3.07. The van der Waals surface area contributed by atoms with Crippen LogP contribution in [0.2, 0.25) is 0 Å². The van der Waals surface area contributed by atoms with Crippen molar-refractivity contribution in [2.24, 2.45) is 5.92 Å². The molecule has 0 saturated carbocycles. The highest BCUT2D eigenvalue weighted by Crippen LogP contribution is 2.38. The van der Waals surface area contributed by atoms with Crippen molar-refractivity contribution in [3.8, 4) is 0 Å². The highest BCUT2D eigenvalue weighted by atomic mass is 14.2. The molecule has 0 aromatic heterocycles. The SMILES string of the molecule is C1=CCC(C2=Cc3c(ccc4c3ccc3ccccc34)C2)C=C1. The normalized spacial score (nSPS) is 19.3. The molecule has 0 nitrogen and oxygen atoms in total. The van der Waals surface area contributed by atoms with Crippen LogP contribution in [0.1, 0.15) is 17.5 Å². The van der Waals surface area contributed by atoms with Crippen LogP contribution in [0.15, 0.2) is 78.4 Å². The van der Waals surface area contributed by atoms with E-state index in [1.807, 2.05) is 0 Å². The standard InChI is InChI=1S/C23H18/c1-2-6-16(7-3-1)19-14-18-11-13-21-20-9-5-4-8-17(20)10-12-22(21)23(18)15-19/h1-6,8-13,15-16H,7,14H2. The van der Waals surface area contributed by atoms with E-state index in [9.17, 15) is 0 Å². The molecule has 0 heterocycles. The summed E-state index contributed by atoms with van der Waals surface area (Å²) in [7, 11) is 0. The van der Waals surface area contributed by atoms with E-state index in [1.165, 1.54) is 32.7 Å². The maximum absolute atomic E-state index is 2.45. The lowest BCUT2D eigenvalue weighted by Crippen LogP contribution is -2.01. The second-order valence-corrected chi connectivity index (χ2v) is 6.57. The summed E-state index contributed by atoms with van der Waals surface area (Å²) in [6, 6.07) is 17.9. The highest BCUT2D eigenvalue weighted by molar-refractivity contribution is 6.10. The number of fused-ring (bicyclic) bond motifs is 5. The topological polar surface area (TPSA) is 0 Å². The van der Waals surface area contributed by atoms with E-state index in [0.717, 1.165) is 12.8 Å². The van der Waals surface area contributed by atoms with Crippen LogP contribution in [0.3, 0.4) is 0 Å². The van der Waals surface area contributed by atoms with E-state index in [4.69, 9.17) is 0 Å². The van der Waals surface area contributed by atoms with Gasteiger partial charge in [-0.1, -0.05) is 84.5 Å². The van der Waals surface area contributed by atoms with Crippen LogP contribution in [0.4, 0.5) is 0 Å². The van der Waals surface area contributed by atoms with Crippen LogP contribution in [-0.2, 0) is 6.42 Å². The zero-order valence-electron chi connectivity index (χ0n) is 13.0. The molecule has 2 aliphatic rings. The Morgan fingerprint density at radius 1 is 0.783 bits per heavy atom. The summed E-state index contributed by atoms with van der Waals surface area (Å²) in [4.78, 5) is 0. The van der Waals surface area contributed by atoms with Crippen LogP contribution in [0.5, 0.6) is 0 Å². The molecule has 3 aromatic carbocycles. The van der Waals surface area contributed by atoms with Crippen molar-refractivity contribution in [2.45, 2.75) is 12.8 Å². The zero-order valence-corrected chi connectivity index (χ0v) is 13.0. The van der Waals surface area contributed by atoms with Gasteiger partial charge in [0.2, 0.25) is 0 Å². The molecule has 0 spiro atoms. The number of allylic oxidation sites excluding steroid dienone is 5. The second-order valence-electron chi connectivity index (χ2n) is 6.57. The molecular weight excluding hydrogens is 276 g/mol. The first kappa shape index (κ1) is 12.9. The van der Waals surface area contributed by atoms with Gasteiger partial charge in [-0.15, -0.1) is 0 Å². The van der Waals surface area contributed by atoms with Gasteiger partial charge in [0, 0.05) is 5.92 Å². The fraction of sp³-hybridized carbons (Fsp3) is 0.130. The van der Waals surface area contributed by atoms with Crippen LogP contribution >= 0.6 is 0 Å². The van der Waals surface area contributed by atoms with Gasteiger partial charge in [0.25, 0.3) is 0 Å². The van der Waals surface area contributed by atoms with Gasteiger partial charge in [-0.3, -0.25) is 0 Å². The van der Waals surface area contributed by atoms with Gasteiger partial charge >= 0.3 is 0 Å².